The molecule has 0 amide bonds. The van der Waals surface area contributed by atoms with Crippen molar-refractivity contribution in [1.82, 2.24) is 10.3 Å². The molecule has 0 spiro atoms. The maximum Gasteiger partial charge on any atom is 0.354 e. The van der Waals surface area contributed by atoms with Crippen LogP contribution in [0.1, 0.15) is 27.2 Å². The predicted molar refractivity (Wildman–Crippen MR) is 98.6 cm³/mol. The van der Waals surface area contributed by atoms with Crippen LogP contribution >= 0.6 is 0 Å². The van der Waals surface area contributed by atoms with Gasteiger partial charge in [0.15, 0.2) is 5.69 Å². The molecule has 0 aliphatic carbocycles. The molecule has 0 bridgehead atoms. The molecule has 0 saturated carbocycles. The maximum atomic E-state index is 11.3. The van der Waals surface area contributed by atoms with E-state index in [2.05, 4.69) is 10.3 Å². The van der Waals surface area contributed by atoms with Crippen molar-refractivity contribution in [1.29, 1.82) is 0 Å². The Kier molecular flexibility index (Phi) is 5.04. The summed E-state index contributed by atoms with van der Waals surface area (Å²) >= 11 is 0. The first-order valence-electron chi connectivity index (χ1n) is 8.19. The number of methoxy groups -OCH3 is 1. The second-order valence-electron chi connectivity index (χ2n) is 6.02. The Hall–Kier alpha value is -3.12. The van der Waals surface area contributed by atoms with Gasteiger partial charge in [-0.3, -0.25) is 0 Å². The Bertz CT molecular complexity index is 955. The number of rotatable bonds is 6. The number of pyridine rings is 1. The highest BCUT2D eigenvalue weighted by molar-refractivity contribution is 5.97. The zero-order valence-corrected chi connectivity index (χ0v) is 14.6. The lowest BCUT2D eigenvalue weighted by molar-refractivity contribution is 0.0689. The van der Waals surface area contributed by atoms with Crippen LogP contribution in [0.5, 0.6) is 11.5 Å². The van der Waals surface area contributed by atoms with Gasteiger partial charge in [-0.25, -0.2) is 9.78 Å². The second kappa shape index (κ2) is 7.41. The normalized spacial score (nSPS) is 10.8. The van der Waals surface area contributed by atoms with E-state index >= 15 is 0 Å². The topological polar surface area (TPSA) is 91.7 Å². The van der Waals surface area contributed by atoms with Crippen LogP contribution in [0, 0.1) is 6.92 Å². The van der Waals surface area contributed by atoms with E-state index in [4.69, 9.17) is 4.74 Å². The minimum absolute atomic E-state index is 0.0874. The molecule has 1 aromatic heterocycles. The first kappa shape index (κ1) is 17.7. The molecular weight excluding hydrogens is 332 g/mol. The Morgan fingerprint density at radius 1 is 1.15 bits per heavy atom. The van der Waals surface area contributed by atoms with Crippen molar-refractivity contribution in [2.45, 2.75) is 20.0 Å². The van der Waals surface area contributed by atoms with Gasteiger partial charge in [0.1, 0.15) is 17.0 Å². The summed E-state index contributed by atoms with van der Waals surface area (Å²) in [7, 11) is 1.50. The molecule has 0 aliphatic rings. The summed E-state index contributed by atoms with van der Waals surface area (Å²) in [5, 5.41) is 23.5. The highest BCUT2D eigenvalue weighted by Gasteiger charge is 2.19. The van der Waals surface area contributed by atoms with Crippen molar-refractivity contribution in [3.8, 4) is 11.5 Å². The number of carbonyl (C=O) groups is 1. The third kappa shape index (κ3) is 3.45. The van der Waals surface area contributed by atoms with Gasteiger partial charge >= 0.3 is 5.97 Å². The van der Waals surface area contributed by atoms with Gasteiger partial charge in [-0.1, -0.05) is 30.3 Å². The Balaban J connectivity index is 1.94. The maximum absolute atomic E-state index is 11.3. The number of aromatic hydroxyl groups is 1. The van der Waals surface area contributed by atoms with Gasteiger partial charge in [0.05, 0.1) is 7.11 Å². The van der Waals surface area contributed by atoms with E-state index in [0.29, 0.717) is 29.7 Å². The summed E-state index contributed by atoms with van der Waals surface area (Å²) in [6.45, 7) is 2.82. The highest BCUT2D eigenvalue weighted by atomic mass is 16.5. The molecule has 3 N–H and O–H groups in total. The number of fused-ring (bicyclic) bond motifs is 1. The van der Waals surface area contributed by atoms with Gasteiger partial charge in [-0.2, -0.15) is 0 Å². The van der Waals surface area contributed by atoms with E-state index in [1.807, 2.05) is 30.3 Å². The van der Waals surface area contributed by atoms with Crippen LogP contribution in [-0.4, -0.2) is 28.3 Å². The van der Waals surface area contributed by atoms with Crippen molar-refractivity contribution in [3.63, 3.8) is 0 Å². The monoisotopic (exact) mass is 352 g/mol. The van der Waals surface area contributed by atoms with Crippen LogP contribution in [0.4, 0.5) is 0 Å². The standard InChI is InChI=1S/C20H20N2O4/c1-12-17(20(24)25)22-18-15(19(12)23)8-14(9-16(18)26-2)11-21-10-13-6-4-3-5-7-13/h3-9,21H,10-11H2,1-2H3,(H,22,23)(H,24,25). The third-order valence-corrected chi connectivity index (χ3v) is 4.25. The number of aromatic carboxylic acids is 1. The van der Waals surface area contributed by atoms with Crippen LogP contribution in [0.3, 0.4) is 0 Å². The number of aromatic nitrogens is 1. The number of carboxylic acids is 1. The molecule has 0 radical (unpaired) electrons. The first-order valence-corrected chi connectivity index (χ1v) is 8.19. The molecule has 1 heterocycles. The molecule has 0 aliphatic heterocycles. The van der Waals surface area contributed by atoms with Gasteiger partial charge in [0.2, 0.25) is 0 Å². The number of hydrogen-bond donors (Lipinski definition) is 3. The summed E-state index contributed by atoms with van der Waals surface area (Å²) in [6.07, 6.45) is 0. The zero-order chi connectivity index (χ0) is 18.7. The Morgan fingerprint density at radius 2 is 1.85 bits per heavy atom. The van der Waals surface area contributed by atoms with Gasteiger partial charge in [0.25, 0.3) is 0 Å². The Labute approximate surface area is 151 Å². The van der Waals surface area contributed by atoms with Crippen molar-refractivity contribution in [3.05, 3.63) is 64.8 Å². The largest absolute Gasteiger partial charge is 0.507 e. The van der Waals surface area contributed by atoms with Crippen molar-refractivity contribution < 1.29 is 19.7 Å². The first-order chi connectivity index (χ1) is 12.5. The molecule has 0 fully saturated rings. The lowest BCUT2D eigenvalue weighted by Gasteiger charge is -2.13. The molecule has 26 heavy (non-hydrogen) atoms. The summed E-state index contributed by atoms with van der Waals surface area (Å²) in [6, 6.07) is 13.6. The van der Waals surface area contributed by atoms with Crippen molar-refractivity contribution in [2.75, 3.05) is 7.11 Å². The zero-order valence-electron chi connectivity index (χ0n) is 14.6. The van der Waals surface area contributed by atoms with Crippen LogP contribution < -0.4 is 10.1 Å². The smallest absolute Gasteiger partial charge is 0.354 e. The fraction of sp³-hybridized carbons (Fsp3) is 0.200. The minimum atomic E-state index is -1.18. The summed E-state index contributed by atoms with van der Waals surface area (Å²) in [4.78, 5) is 15.5. The number of ether oxygens (including phenoxy) is 1. The van der Waals surface area contributed by atoms with Crippen molar-refractivity contribution in [2.24, 2.45) is 0 Å². The predicted octanol–water partition coefficient (Wildman–Crippen LogP) is 3.25. The van der Waals surface area contributed by atoms with E-state index in [1.54, 1.807) is 12.1 Å². The van der Waals surface area contributed by atoms with Gasteiger partial charge in [-0.05, 0) is 30.2 Å². The SMILES string of the molecule is COc1cc(CNCc2ccccc2)cc2c(O)c(C)c(C(=O)O)nc12. The Morgan fingerprint density at radius 3 is 2.50 bits per heavy atom. The number of carboxylic acid groups (broad SMARTS) is 1. The molecule has 3 rings (SSSR count). The molecule has 0 unspecified atom stereocenters. The number of nitrogens with one attached hydrogen (secondary N) is 1. The van der Waals surface area contributed by atoms with Gasteiger partial charge in [0, 0.05) is 24.0 Å². The third-order valence-electron chi connectivity index (χ3n) is 4.25. The number of benzene rings is 2. The molecule has 6 nitrogen and oxygen atoms in total. The highest BCUT2D eigenvalue weighted by Crippen LogP contribution is 2.35. The summed E-state index contributed by atoms with van der Waals surface area (Å²) in [5.41, 5.74) is 2.47. The van der Waals surface area contributed by atoms with E-state index in [0.717, 1.165) is 5.56 Å². The van der Waals surface area contributed by atoms with E-state index in [1.165, 1.54) is 19.6 Å². The van der Waals surface area contributed by atoms with E-state index in [9.17, 15) is 15.0 Å². The molecule has 134 valence electrons. The van der Waals surface area contributed by atoms with Gasteiger partial charge < -0.3 is 20.3 Å². The van der Waals surface area contributed by atoms with Crippen molar-refractivity contribution >= 4 is 16.9 Å². The summed E-state index contributed by atoms with van der Waals surface area (Å²) in [5.74, 6) is -0.845. The average Bonchev–Trinajstić information content (AvgIpc) is 2.65. The second-order valence-corrected chi connectivity index (χ2v) is 6.02. The van der Waals surface area contributed by atoms with Crippen LogP contribution in [0.2, 0.25) is 0 Å². The lowest BCUT2D eigenvalue weighted by Crippen LogP contribution is -2.13. The van der Waals surface area contributed by atoms with E-state index in [-0.39, 0.29) is 17.0 Å². The van der Waals surface area contributed by atoms with Crippen LogP contribution in [-0.2, 0) is 13.1 Å². The molecule has 3 aromatic rings. The summed E-state index contributed by atoms with van der Waals surface area (Å²) < 4.78 is 5.37. The van der Waals surface area contributed by atoms with Crippen LogP contribution in [0.15, 0.2) is 42.5 Å². The minimum Gasteiger partial charge on any atom is -0.507 e. The lowest BCUT2D eigenvalue weighted by atomic mass is 10.0. The quantitative estimate of drug-likeness (QED) is 0.631. The molecule has 6 heteroatoms. The molecular formula is C20H20N2O4. The fourth-order valence-corrected chi connectivity index (χ4v) is 2.88. The van der Waals surface area contributed by atoms with Crippen LogP contribution in [0.25, 0.3) is 10.9 Å². The molecule has 2 aromatic carbocycles. The number of hydrogen-bond acceptors (Lipinski definition) is 5. The molecule has 0 atom stereocenters. The number of nitrogens with zero attached hydrogens (tertiary/aromatic N) is 1. The fourth-order valence-electron chi connectivity index (χ4n) is 2.88. The van der Waals surface area contributed by atoms with Gasteiger partial charge in [-0.15, -0.1) is 0 Å². The average molecular weight is 352 g/mol. The molecule has 0 saturated heterocycles. The van der Waals surface area contributed by atoms with E-state index < -0.39 is 5.97 Å².